The average molecular weight is 233 g/mol. The van der Waals surface area contributed by atoms with Gasteiger partial charge in [-0.3, -0.25) is 0 Å². The van der Waals surface area contributed by atoms with Gasteiger partial charge in [0, 0.05) is 0 Å². The van der Waals surface area contributed by atoms with Crippen molar-refractivity contribution < 1.29 is 24.2 Å². The molecule has 0 aromatic rings. The molecule has 0 bridgehead atoms. The predicted octanol–water partition coefficient (Wildman–Crippen LogP) is -1.26. The molecule has 2 atom stereocenters. The number of carbonyl (C=O) groups is 2. The van der Waals surface area contributed by atoms with Gasteiger partial charge in [-0.05, 0) is 0 Å². The van der Waals surface area contributed by atoms with Crippen molar-refractivity contribution in [3.63, 3.8) is 0 Å². The monoisotopic (exact) mass is 233 g/mol. The van der Waals surface area contributed by atoms with Gasteiger partial charge < -0.3 is 20.3 Å². The minimum Gasteiger partial charge on any atom is -0.452 e. The largest absolute Gasteiger partial charge is 0.452 e. The van der Waals surface area contributed by atoms with Gasteiger partial charge in [-0.1, -0.05) is 0 Å². The molecule has 92 valence electrons. The van der Waals surface area contributed by atoms with Crippen LogP contribution in [-0.4, -0.2) is 66.8 Å². The van der Waals surface area contributed by atoms with Crippen LogP contribution in [0.4, 0.5) is 9.59 Å². The Balaban J connectivity index is 2.83. The summed E-state index contributed by atoms with van der Waals surface area (Å²) in [4.78, 5) is 22.7. The van der Waals surface area contributed by atoms with Gasteiger partial charge in [0.1, 0.15) is 0 Å². The van der Waals surface area contributed by atoms with Crippen LogP contribution in [0.2, 0.25) is 0 Å². The number of hydrogen-bond donors (Lipinski definition) is 2. The average Bonchev–Trinajstić information content (AvgIpc) is 2.30. The smallest absolute Gasteiger partial charge is 0.428 e. The van der Waals surface area contributed by atoms with Crippen molar-refractivity contribution in [1.82, 2.24) is 10.0 Å². The Morgan fingerprint density at radius 1 is 1.19 bits per heavy atom. The first-order valence-corrected chi connectivity index (χ1v) is 4.65. The van der Waals surface area contributed by atoms with E-state index in [1.807, 2.05) is 0 Å². The van der Waals surface area contributed by atoms with E-state index in [2.05, 4.69) is 9.47 Å². The summed E-state index contributed by atoms with van der Waals surface area (Å²) in [6.45, 7) is -0.119. The van der Waals surface area contributed by atoms with Crippen molar-refractivity contribution in [3.8, 4) is 0 Å². The molecular weight excluding hydrogens is 218 g/mol. The predicted molar refractivity (Wildman–Crippen MR) is 52.2 cm³/mol. The maximum absolute atomic E-state index is 11.4. The highest BCUT2D eigenvalue weighted by Crippen LogP contribution is 2.13. The molecule has 0 aromatic heterocycles. The summed E-state index contributed by atoms with van der Waals surface area (Å²) in [5, 5.41) is 11.5. The van der Waals surface area contributed by atoms with E-state index in [0.717, 1.165) is 10.0 Å². The summed E-state index contributed by atoms with van der Waals surface area (Å²) in [5.74, 6) is 0. The van der Waals surface area contributed by atoms with Crippen LogP contribution in [0.15, 0.2) is 0 Å². The molecule has 3 N–H and O–H groups in total. The normalized spacial score (nSPS) is 25.2. The molecule has 16 heavy (non-hydrogen) atoms. The number of hydrazine groups is 1. The van der Waals surface area contributed by atoms with Crippen molar-refractivity contribution in [2.24, 2.45) is 5.73 Å². The fourth-order valence-electron chi connectivity index (χ4n) is 1.39. The van der Waals surface area contributed by atoms with E-state index in [0.29, 0.717) is 0 Å². The Morgan fingerprint density at radius 2 is 1.62 bits per heavy atom. The molecule has 0 unspecified atom stereocenters. The number of ether oxygens (including phenoxy) is 2. The second-order valence-corrected chi connectivity index (χ2v) is 3.34. The molecular formula is C8H15N3O5. The van der Waals surface area contributed by atoms with E-state index in [1.54, 1.807) is 0 Å². The molecule has 0 aliphatic carbocycles. The number of aliphatic hydroxyl groups is 1. The summed E-state index contributed by atoms with van der Waals surface area (Å²) in [6, 6.07) is -0.625. The molecule has 1 fully saturated rings. The second-order valence-electron chi connectivity index (χ2n) is 3.34. The Bertz CT molecular complexity index is 257. The molecule has 1 aliphatic heterocycles. The topological polar surface area (TPSA) is 105 Å². The Kier molecular flexibility index (Phi) is 3.91. The molecule has 1 heterocycles. The van der Waals surface area contributed by atoms with Gasteiger partial charge in [0.2, 0.25) is 0 Å². The molecule has 0 aromatic carbocycles. The molecule has 1 aliphatic rings. The van der Waals surface area contributed by atoms with Crippen molar-refractivity contribution in [3.05, 3.63) is 0 Å². The minimum absolute atomic E-state index is 0.0110. The number of hydrogen-bond acceptors (Lipinski definition) is 6. The van der Waals surface area contributed by atoms with Gasteiger partial charge >= 0.3 is 12.2 Å². The number of carbonyl (C=O) groups excluding carboxylic acids is 2. The van der Waals surface area contributed by atoms with Crippen molar-refractivity contribution in [2.75, 3.05) is 27.3 Å². The molecule has 8 heteroatoms. The molecule has 8 nitrogen and oxygen atoms in total. The third-order valence-electron chi connectivity index (χ3n) is 2.30. The third-order valence-corrected chi connectivity index (χ3v) is 2.30. The molecule has 1 saturated heterocycles. The summed E-state index contributed by atoms with van der Waals surface area (Å²) in [7, 11) is 2.37. The Morgan fingerprint density at radius 3 is 2.06 bits per heavy atom. The van der Waals surface area contributed by atoms with Crippen LogP contribution in [-0.2, 0) is 9.47 Å². The number of β-amino-alcohol motifs (C(OH)–C–C–N with tert-alkyl or cyclic N) is 1. The van der Waals surface area contributed by atoms with Crippen LogP contribution in [0.1, 0.15) is 0 Å². The number of nitrogens with two attached hydrogens (primary N) is 1. The first kappa shape index (κ1) is 12.5. The summed E-state index contributed by atoms with van der Waals surface area (Å²) in [6.07, 6.45) is -2.39. The number of methoxy groups -OCH3 is 2. The molecule has 1 rings (SSSR count). The summed E-state index contributed by atoms with van der Waals surface area (Å²) >= 11 is 0. The number of rotatable bonds is 0. The molecule has 0 saturated carbocycles. The van der Waals surface area contributed by atoms with E-state index >= 15 is 0 Å². The van der Waals surface area contributed by atoms with Crippen LogP contribution in [0.3, 0.4) is 0 Å². The minimum atomic E-state index is -0.903. The lowest BCUT2D eigenvalue weighted by Gasteiger charge is -2.40. The van der Waals surface area contributed by atoms with Crippen LogP contribution in [0, 0.1) is 0 Å². The van der Waals surface area contributed by atoms with Crippen LogP contribution >= 0.6 is 0 Å². The van der Waals surface area contributed by atoms with E-state index in [1.165, 1.54) is 14.2 Å². The van der Waals surface area contributed by atoms with Crippen molar-refractivity contribution in [1.29, 1.82) is 0 Å². The van der Waals surface area contributed by atoms with Crippen LogP contribution < -0.4 is 5.73 Å². The van der Waals surface area contributed by atoms with Crippen molar-refractivity contribution in [2.45, 2.75) is 12.1 Å². The van der Waals surface area contributed by atoms with Gasteiger partial charge in [-0.15, -0.1) is 0 Å². The van der Waals surface area contributed by atoms with Gasteiger partial charge in [-0.25, -0.2) is 19.6 Å². The van der Waals surface area contributed by atoms with E-state index < -0.39 is 24.3 Å². The van der Waals surface area contributed by atoms with Gasteiger partial charge in [0.05, 0.1) is 39.5 Å². The fourth-order valence-corrected chi connectivity index (χ4v) is 1.39. The second kappa shape index (κ2) is 4.99. The highest BCUT2D eigenvalue weighted by atomic mass is 16.6. The summed E-state index contributed by atoms with van der Waals surface area (Å²) in [5.41, 5.74) is 5.59. The van der Waals surface area contributed by atoms with Crippen molar-refractivity contribution >= 4 is 12.2 Å². The van der Waals surface area contributed by atoms with Crippen LogP contribution in [0.25, 0.3) is 0 Å². The zero-order chi connectivity index (χ0) is 12.3. The van der Waals surface area contributed by atoms with Gasteiger partial charge in [-0.2, -0.15) is 0 Å². The SMILES string of the molecule is COC(=O)N1C[C@H](N)[C@@H](O)CN1C(=O)OC. The fraction of sp³-hybridized carbons (Fsp3) is 0.750. The molecule has 0 spiro atoms. The standard InChI is InChI=1S/C8H15N3O5/c1-15-7(13)10-3-5(9)6(12)4-11(10)8(14)16-2/h5-6,12H,3-4,9H2,1-2H3/t5-,6-/m0/s1. The maximum atomic E-state index is 11.4. The number of aliphatic hydroxyl groups excluding tert-OH is 1. The quantitative estimate of drug-likeness (QED) is 0.541. The first-order valence-electron chi connectivity index (χ1n) is 4.65. The summed E-state index contributed by atoms with van der Waals surface area (Å²) < 4.78 is 8.98. The molecule has 2 amide bonds. The highest BCUT2D eigenvalue weighted by Gasteiger charge is 2.37. The van der Waals surface area contributed by atoms with E-state index in [4.69, 9.17) is 5.73 Å². The van der Waals surface area contributed by atoms with E-state index in [-0.39, 0.29) is 13.1 Å². The lowest BCUT2D eigenvalue weighted by molar-refractivity contribution is -0.0730. The third kappa shape index (κ3) is 2.34. The zero-order valence-corrected chi connectivity index (χ0v) is 9.12. The Labute approximate surface area is 92.5 Å². The van der Waals surface area contributed by atoms with Gasteiger partial charge in [0.15, 0.2) is 0 Å². The zero-order valence-electron chi connectivity index (χ0n) is 9.12. The highest BCUT2D eigenvalue weighted by molar-refractivity contribution is 5.74. The lowest BCUT2D eigenvalue weighted by atomic mass is 10.1. The van der Waals surface area contributed by atoms with Crippen LogP contribution in [0.5, 0.6) is 0 Å². The Hall–Kier alpha value is -1.54. The van der Waals surface area contributed by atoms with Gasteiger partial charge in [0.25, 0.3) is 0 Å². The van der Waals surface area contributed by atoms with E-state index in [9.17, 15) is 14.7 Å². The first-order chi connectivity index (χ1) is 7.51. The lowest BCUT2D eigenvalue weighted by Crippen LogP contribution is -2.64. The number of nitrogens with zero attached hydrogens (tertiary/aromatic N) is 2. The number of amides is 2. The molecule has 0 radical (unpaired) electrons. The maximum Gasteiger partial charge on any atom is 0.428 e.